The summed E-state index contributed by atoms with van der Waals surface area (Å²) < 4.78 is 0. The van der Waals surface area contributed by atoms with Gasteiger partial charge in [0.2, 0.25) is 5.91 Å². The molecule has 110 valence electrons. The normalized spacial score (nSPS) is 25.3. The smallest absolute Gasteiger partial charge is 0.223 e. The lowest BCUT2D eigenvalue weighted by molar-refractivity contribution is -0.131. The van der Waals surface area contributed by atoms with E-state index < -0.39 is 0 Å². The molecule has 1 aliphatic carbocycles. The maximum atomic E-state index is 11.6. The Hall–Kier alpha value is -0.610. The Balaban J connectivity index is 1.72. The molecule has 0 bridgehead atoms. The van der Waals surface area contributed by atoms with E-state index in [1.54, 1.807) is 0 Å². The van der Waals surface area contributed by atoms with Crippen LogP contribution in [-0.2, 0) is 4.79 Å². The van der Waals surface area contributed by atoms with Crippen LogP contribution in [0.1, 0.15) is 58.3 Å². The minimum Gasteiger partial charge on any atom is -0.369 e. The summed E-state index contributed by atoms with van der Waals surface area (Å²) in [6.45, 7) is 5.08. The van der Waals surface area contributed by atoms with Crippen molar-refractivity contribution >= 4 is 5.91 Å². The van der Waals surface area contributed by atoms with Crippen LogP contribution in [0.5, 0.6) is 0 Å². The predicted molar refractivity (Wildman–Crippen MR) is 77.3 cm³/mol. The summed E-state index contributed by atoms with van der Waals surface area (Å²) >= 11 is 0. The molecule has 0 unspecified atom stereocenters. The number of nitrogens with zero attached hydrogens (tertiary/aromatic N) is 1. The van der Waals surface area contributed by atoms with Crippen molar-refractivity contribution < 1.29 is 4.79 Å². The van der Waals surface area contributed by atoms with Crippen LogP contribution in [-0.4, -0.2) is 30.6 Å². The van der Waals surface area contributed by atoms with E-state index in [0.717, 1.165) is 44.8 Å². The third kappa shape index (κ3) is 3.69. The van der Waals surface area contributed by atoms with Gasteiger partial charge in [-0.05, 0) is 38.0 Å². The zero-order chi connectivity index (χ0) is 13.7. The molecule has 0 aromatic rings. The highest BCUT2D eigenvalue weighted by Crippen LogP contribution is 2.34. The molecule has 0 aromatic heterocycles. The number of hydrazine groups is 1. The van der Waals surface area contributed by atoms with Crippen LogP contribution < -0.4 is 11.2 Å². The molecule has 1 heterocycles. The minimum atomic E-state index is -0.247. The Morgan fingerprint density at radius 3 is 2.42 bits per heavy atom. The molecule has 0 atom stereocenters. The molecule has 1 amide bonds. The van der Waals surface area contributed by atoms with Gasteiger partial charge in [0, 0.05) is 19.6 Å². The lowest BCUT2D eigenvalue weighted by Crippen LogP contribution is -2.51. The van der Waals surface area contributed by atoms with E-state index in [9.17, 15) is 4.79 Å². The van der Waals surface area contributed by atoms with Crippen LogP contribution in [0.15, 0.2) is 0 Å². The summed E-state index contributed by atoms with van der Waals surface area (Å²) in [4.78, 5) is 11.6. The first kappa shape index (κ1) is 14.8. The zero-order valence-electron chi connectivity index (χ0n) is 12.3. The van der Waals surface area contributed by atoms with Gasteiger partial charge in [-0.1, -0.05) is 26.2 Å². The molecule has 1 aliphatic heterocycles. The fourth-order valence-corrected chi connectivity index (χ4v) is 3.52. The number of hydrogen-bond donors (Lipinski definition) is 2. The van der Waals surface area contributed by atoms with Gasteiger partial charge in [0.25, 0.3) is 0 Å². The van der Waals surface area contributed by atoms with Gasteiger partial charge in [-0.25, -0.2) is 5.01 Å². The molecule has 4 nitrogen and oxygen atoms in total. The van der Waals surface area contributed by atoms with Crippen molar-refractivity contribution in [3.05, 3.63) is 0 Å². The Kier molecular flexibility index (Phi) is 5.22. The van der Waals surface area contributed by atoms with E-state index in [-0.39, 0.29) is 11.3 Å². The van der Waals surface area contributed by atoms with E-state index in [1.165, 1.54) is 32.1 Å². The van der Waals surface area contributed by atoms with Gasteiger partial charge in [0.15, 0.2) is 0 Å². The van der Waals surface area contributed by atoms with Gasteiger partial charge >= 0.3 is 0 Å². The fraction of sp³-hybridized carbons (Fsp3) is 0.933. The molecule has 4 heteroatoms. The second-order valence-corrected chi connectivity index (χ2v) is 6.35. The third-order valence-electron chi connectivity index (χ3n) is 5.25. The third-order valence-corrected chi connectivity index (χ3v) is 5.25. The first-order valence-electron chi connectivity index (χ1n) is 7.94. The molecular formula is C15H29N3O. The number of amides is 1. The molecule has 1 saturated heterocycles. The first-order valence-corrected chi connectivity index (χ1v) is 7.94. The molecular weight excluding hydrogens is 238 g/mol. The van der Waals surface area contributed by atoms with Crippen LogP contribution in [0.3, 0.4) is 0 Å². The summed E-state index contributed by atoms with van der Waals surface area (Å²) in [5.41, 5.74) is 8.90. The zero-order valence-corrected chi connectivity index (χ0v) is 12.3. The average molecular weight is 267 g/mol. The lowest BCUT2D eigenvalue weighted by atomic mass is 9.76. The number of rotatable bonds is 5. The van der Waals surface area contributed by atoms with E-state index in [0.29, 0.717) is 0 Å². The Bertz CT molecular complexity index is 292. The maximum absolute atomic E-state index is 11.6. The highest BCUT2D eigenvalue weighted by molar-refractivity contribution is 5.80. The molecule has 3 N–H and O–H groups in total. The minimum absolute atomic E-state index is 0.109. The Labute approximate surface area is 117 Å². The van der Waals surface area contributed by atoms with E-state index >= 15 is 0 Å². The van der Waals surface area contributed by atoms with E-state index in [2.05, 4.69) is 17.4 Å². The first-order chi connectivity index (χ1) is 9.16. The second-order valence-electron chi connectivity index (χ2n) is 6.35. The molecule has 0 aromatic carbocycles. The summed E-state index contributed by atoms with van der Waals surface area (Å²) in [6.07, 6.45) is 9.63. The summed E-state index contributed by atoms with van der Waals surface area (Å²) in [5, 5.41) is 2.30. The Morgan fingerprint density at radius 2 is 1.89 bits per heavy atom. The molecule has 2 fully saturated rings. The van der Waals surface area contributed by atoms with Crippen molar-refractivity contribution in [1.82, 2.24) is 10.4 Å². The monoisotopic (exact) mass is 267 g/mol. The van der Waals surface area contributed by atoms with Crippen molar-refractivity contribution in [2.45, 2.75) is 58.3 Å². The quantitative estimate of drug-likeness (QED) is 0.801. The van der Waals surface area contributed by atoms with Gasteiger partial charge < -0.3 is 5.73 Å². The predicted octanol–water partition coefficient (Wildman–Crippen LogP) is 2.05. The molecule has 2 rings (SSSR count). The molecule has 19 heavy (non-hydrogen) atoms. The average Bonchev–Trinajstić information content (AvgIpc) is 2.46. The number of piperidine rings is 1. The van der Waals surface area contributed by atoms with Crippen LogP contribution in [0.2, 0.25) is 0 Å². The lowest BCUT2D eigenvalue weighted by Gasteiger charge is -2.39. The maximum Gasteiger partial charge on any atom is 0.223 e. The topological polar surface area (TPSA) is 58.4 Å². The number of nitrogens with two attached hydrogens (primary N) is 1. The van der Waals surface area contributed by atoms with Crippen LogP contribution in [0.4, 0.5) is 0 Å². The fourth-order valence-electron chi connectivity index (χ4n) is 3.52. The van der Waals surface area contributed by atoms with Crippen LogP contribution >= 0.6 is 0 Å². The Morgan fingerprint density at radius 1 is 1.26 bits per heavy atom. The summed E-state index contributed by atoms with van der Waals surface area (Å²) in [6, 6.07) is 0. The van der Waals surface area contributed by atoms with E-state index in [4.69, 9.17) is 5.73 Å². The number of carbonyl (C=O) groups is 1. The molecule has 0 spiro atoms. The van der Waals surface area contributed by atoms with Crippen molar-refractivity contribution in [2.75, 3.05) is 19.6 Å². The number of nitrogens with one attached hydrogen (secondary N) is 1. The summed E-state index contributed by atoms with van der Waals surface area (Å²) in [7, 11) is 0. The van der Waals surface area contributed by atoms with Crippen molar-refractivity contribution in [3.63, 3.8) is 0 Å². The van der Waals surface area contributed by atoms with Crippen molar-refractivity contribution in [3.8, 4) is 0 Å². The SMILES string of the molecule is CCC1(C(N)=O)CCN(NCC2CCCCC2)CC1. The highest BCUT2D eigenvalue weighted by Gasteiger charge is 2.38. The van der Waals surface area contributed by atoms with Gasteiger partial charge in [-0.2, -0.15) is 0 Å². The number of hydrogen-bond acceptors (Lipinski definition) is 3. The number of primary amides is 1. The van der Waals surface area contributed by atoms with Crippen molar-refractivity contribution in [2.24, 2.45) is 17.1 Å². The largest absolute Gasteiger partial charge is 0.369 e. The standard InChI is InChI=1S/C15H29N3O/c1-2-15(14(16)19)8-10-18(11-9-15)17-12-13-6-4-3-5-7-13/h13,17H,2-12H2,1H3,(H2,16,19). The number of carbonyl (C=O) groups excluding carboxylic acids is 1. The van der Waals surface area contributed by atoms with Crippen LogP contribution in [0.25, 0.3) is 0 Å². The summed E-state index contributed by atoms with van der Waals surface area (Å²) in [5.74, 6) is 0.740. The second kappa shape index (κ2) is 6.71. The van der Waals surface area contributed by atoms with Gasteiger partial charge in [0.1, 0.15) is 0 Å². The van der Waals surface area contributed by atoms with Gasteiger partial charge in [-0.15, -0.1) is 0 Å². The van der Waals surface area contributed by atoms with E-state index in [1.807, 2.05) is 0 Å². The van der Waals surface area contributed by atoms with Gasteiger partial charge in [0.05, 0.1) is 5.41 Å². The molecule has 0 radical (unpaired) electrons. The molecule has 1 saturated carbocycles. The highest BCUT2D eigenvalue weighted by atomic mass is 16.1. The van der Waals surface area contributed by atoms with Crippen molar-refractivity contribution in [1.29, 1.82) is 0 Å². The van der Waals surface area contributed by atoms with Crippen LogP contribution in [0, 0.1) is 11.3 Å². The molecule has 2 aliphatic rings. The van der Waals surface area contributed by atoms with Gasteiger partial charge in [-0.3, -0.25) is 10.2 Å².